The van der Waals surface area contributed by atoms with Crippen LogP contribution in [0.4, 0.5) is 14.5 Å². The molecule has 3 nitrogen and oxygen atoms in total. The summed E-state index contributed by atoms with van der Waals surface area (Å²) >= 11 is 0. The minimum absolute atomic E-state index is 0.279. The molecule has 1 saturated heterocycles. The Morgan fingerprint density at radius 2 is 1.90 bits per heavy atom. The van der Waals surface area contributed by atoms with Crippen molar-refractivity contribution in [3.05, 3.63) is 29.8 Å². The highest BCUT2D eigenvalue weighted by Crippen LogP contribution is 2.21. The summed E-state index contributed by atoms with van der Waals surface area (Å²) in [5.41, 5.74) is 0.461. The van der Waals surface area contributed by atoms with Gasteiger partial charge in [0.05, 0.1) is 11.8 Å². The highest BCUT2D eigenvalue weighted by molar-refractivity contribution is 5.48. The third-order valence-corrected chi connectivity index (χ3v) is 3.98. The molecule has 1 atom stereocenters. The number of hydrogen-bond donors (Lipinski definition) is 1. The van der Waals surface area contributed by atoms with Gasteiger partial charge in [-0.05, 0) is 18.6 Å². The lowest BCUT2D eigenvalue weighted by molar-refractivity contribution is 0.100. The molecule has 1 fully saturated rings. The molecule has 0 radical (unpaired) electrons. The van der Waals surface area contributed by atoms with Crippen molar-refractivity contribution in [1.29, 1.82) is 0 Å². The molecule has 118 valence electrons. The molecule has 2 rings (SSSR count). The van der Waals surface area contributed by atoms with E-state index in [1.54, 1.807) is 0 Å². The summed E-state index contributed by atoms with van der Waals surface area (Å²) in [5, 5.41) is 9.93. The average Bonchev–Trinajstić information content (AvgIpc) is 2.46. The van der Waals surface area contributed by atoms with E-state index in [2.05, 4.69) is 11.8 Å². The van der Waals surface area contributed by atoms with Gasteiger partial charge in [-0.25, -0.2) is 8.78 Å². The van der Waals surface area contributed by atoms with Crippen LogP contribution in [-0.2, 0) is 0 Å². The number of rotatable bonds is 6. The second-order valence-corrected chi connectivity index (χ2v) is 5.68. The molecule has 0 aliphatic carbocycles. The first kappa shape index (κ1) is 16.2. The minimum atomic E-state index is -0.547. The molecule has 0 bridgehead atoms. The van der Waals surface area contributed by atoms with Gasteiger partial charge in [-0.15, -0.1) is 0 Å². The second kappa shape index (κ2) is 7.71. The Morgan fingerprint density at radius 1 is 1.19 bits per heavy atom. The monoisotopic (exact) mass is 298 g/mol. The number of unbranched alkanes of at least 4 members (excludes halogenated alkanes) is 1. The molecule has 21 heavy (non-hydrogen) atoms. The van der Waals surface area contributed by atoms with Crippen LogP contribution in [0.15, 0.2) is 18.2 Å². The fourth-order valence-electron chi connectivity index (χ4n) is 2.74. The Balaban J connectivity index is 1.82. The molecule has 5 heteroatoms. The number of benzene rings is 1. The van der Waals surface area contributed by atoms with Gasteiger partial charge in [-0.1, -0.05) is 19.8 Å². The van der Waals surface area contributed by atoms with E-state index in [0.29, 0.717) is 25.3 Å². The van der Waals surface area contributed by atoms with E-state index in [4.69, 9.17) is 0 Å². The number of anilines is 1. The van der Waals surface area contributed by atoms with Gasteiger partial charge in [0, 0.05) is 38.8 Å². The molecule has 1 heterocycles. The second-order valence-electron chi connectivity index (χ2n) is 5.68. The van der Waals surface area contributed by atoms with E-state index in [0.717, 1.165) is 38.4 Å². The van der Waals surface area contributed by atoms with E-state index >= 15 is 0 Å². The fourth-order valence-corrected chi connectivity index (χ4v) is 2.74. The van der Waals surface area contributed by atoms with Gasteiger partial charge in [-0.3, -0.25) is 4.90 Å². The van der Waals surface area contributed by atoms with Crippen molar-refractivity contribution in [3.63, 3.8) is 0 Å². The summed E-state index contributed by atoms with van der Waals surface area (Å²) in [5.74, 6) is -1.06. The minimum Gasteiger partial charge on any atom is -0.392 e. The first-order valence-corrected chi connectivity index (χ1v) is 7.70. The van der Waals surface area contributed by atoms with Crippen LogP contribution in [0.2, 0.25) is 0 Å². The van der Waals surface area contributed by atoms with Gasteiger partial charge in [-0.2, -0.15) is 0 Å². The van der Waals surface area contributed by atoms with Crippen molar-refractivity contribution in [2.75, 3.05) is 37.6 Å². The van der Waals surface area contributed by atoms with Crippen molar-refractivity contribution < 1.29 is 13.9 Å². The average molecular weight is 298 g/mol. The molecule has 1 N–H and O–H groups in total. The summed E-state index contributed by atoms with van der Waals surface area (Å²) in [7, 11) is 0. The van der Waals surface area contributed by atoms with E-state index < -0.39 is 11.6 Å². The molecule has 0 aromatic heterocycles. The van der Waals surface area contributed by atoms with Crippen molar-refractivity contribution in [2.45, 2.75) is 32.3 Å². The molecule has 1 aliphatic rings. The number of nitrogens with zero attached hydrogens (tertiary/aromatic N) is 2. The SMILES string of the molecule is CCCCC(O)CN1CCN(c2ccc(F)cc2F)CC1. The van der Waals surface area contributed by atoms with E-state index in [1.165, 1.54) is 12.1 Å². The number of piperazine rings is 1. The van der Waals surface area contributed by atoms with Crippen molar-refractivity contribution >= 4 is 5.69 Å². The first-order valence-electron chi connectivity index (χ1n) is 7.70. The Morgan fingerprint density at radius 3 is 2.52 bits per heavy atom. The molecular formula is C16H24F2N2O. The zero-order valence-corrected chi connectivity index (χ0v) is 12.6. The van der Waals surface area contributed by atoms with Crippen molar-refractivity contribution in [1.82, 2.24) is 4.90 Å². The van der Waals surface area contributed by atoms with Crippen molar-refractivity contribution in [3.8, 4) is 0 Å². The zero-order chi connectivity index (χ0) is 15.2. The molecule has 1 unspecified atom stereocenters. The number of hydrogen-bond acceptors (Lipinski definition) is 3. The molecule has 0 amide bonds. The summed E-state index contributed by atoms with van der Waals surface area (Å²) in [6.45, 7) is 5.77. The maximum absolute atomic E-state index is 13.7. The van der Waals surface area contributed by atoms with E-state index in [9.17, 15) is 13.9 Å². The number of aliphatic hydroxyl groups is 1. The standard InChI is InChI=1S/C16H24F2N2O/c1-2-3-4-14(21)12-19-7-9-20(10-8-19)16-6-5-13(17)11-15(16)18/h5-6,11,14,21H,2-4,7-10,12H2,1H3. The zero-order valence-electron chi connectivity index (χ0n) is 12.6. The first-order chi connectivity index (χ1) is 10.1. The predicted molar refractivity (Wildman–Crippen MR) is 80.5 cm³/mol. The predicted octanol–water partition coefficient (Wildman–Crippen LogP) is 2.64. The molecule has 1 aromatic rings. The highest BCUT2D eigenvalue weighted by atomic mass is 19.1. The largest absolute Gasteiger partial charge is 0.392 e. The number of halogens is 2. The summed E-state index contributed by atoms with van der Waals surface area (Å²) in [6, 6.07) is 3.71. The Bertz CT molecular complexity index is 448. The molecule has 0 spiro atoms. The van der Waals surface area contributed by atoms with Crippen LogP contribution in [-0.4, -0.2) is 48.8 Å². The van der Waals surface area contributed by atoms with Gasteiger partial charge in [0.2, 0.25) is 0 Å². The van der Waals surface area contributed by atoms with Gasteiger partial charge in [0.15, 0.2) is 0 Å². The van der Waals surface area contributed by atoms with Crippen LogP contribution < -0.4 is 4.90 Å². The topological polar surface area (TPSA) is 26.7 Å². The van der Waals surface area contributed by atoms with Gasteiger partial charge >= 0.3 is 0 Å². The van der Waals surface area contributed by atoms with Crippen molar-refractivity contribution in [2.24, 2.45) is 0 Å². The highest BCUT2D eigenvalue weighted by Gasteiger charge is 2.21. The maximum atomic E-state index is 13.7. The summed E-state index contributed by atoms with van der Waals surface area (Å²) in [4.78, 5) is 4.14. The van der Waals surface area contributed by atoms with Crippen LogP contribution in [0, 0.1) is 11.6 Å². The third kappa shape index (κ3) is 4.64. The quantitative estimate of drug-likeness (QED) is 0.874. The van der Waals surface area contributed by atoms with Crippen LogP contribution in [0.5, 0.6) is 0 Å². The van der Waals surface area contributed by atoms with Crippen LogP contribution in [0.25, 0.3) is 0 Å². The lowest BCUT2D eigenvalue weighted by Crippen LogP contribution is -2.48. The summed E-state index contributed by atoms with van der Waals surface area (Å²) < 4.78 is 26.7. The van der Waals surface area contributed by atoms with E-state index in [1.807, 2.05) is 4.90 Å². The molecule has 0 saturated carbocycles. The summed E-state index contributed by atoms with van der Waals surface area (Å²) in [6.07, 6.45) is 2.69. The van der Waals surface area contributed by atoms with Crippen LogP contribution in [0.1, 0.15) is 26.2 Å². The third-order valence-electron chi connectivity index (χ3n) is 3.98. The smallest absolute Gasteiger partial charge is 0.149 e. The molecule has 1 aliphatic heterocycles. The van der Waals surface area contributed by atoms with Crippen LogP contribution >= 0.6 is 0 Å². The lowest BCUT2D eigenvalue weighted by Gasteiger charge is -2.37. The van der Waals surface area contributed by atoms with Gasteiger partial charge < -0.3 is 10.0 Å². The normalized spacial score (nSPS) is 18.0. The Hall–Kier alpha value is -1.20. The number of aliphatic hydroxyl groups excluding tert-OH is 1. The molecule has 1 aromatic carbocycles. The molecular weight excluding hydrogens is 274 g/mol. The lowest BCUT2D eigenvalue weighted by atomic mass is 10.1. The number of β-amino-alcohol motifs (C(OH)–C–C–N with tert-alkyl or cyclic N) is 1. The Kier molecular flexibility index (Phi) is 5.94. The van der Waals surface area contributed by atoms with Gasteiger partial charge in [0.25, 0.3) is 0 Å². The van der Waals surface area contributed by atoms with Crippen LogP contribution in [0.3, 0.4) is 0 Å². The fraction of sp³-hybridized carbons (Fsp3) is 0.625. The van der Waals surface area contributed by atoms with Gasteiger partial charge in [0.1, 0.15) is 11.6 Å². The maximum Gasteiger partial charge on any atom is 0.149 e. The Labute approximate surface area is 125 Å². The van der Waals surface area contributed by atoms with E-state index in [-0.39, 0.29) is 6.10 Å².